The standard InChI is InChI=1S/C10H9F2NO/c11-8-4-3-7(6-9(8)12)10(14)2-1-5-13/h3-4,6,10,14H,1-2H2/t10-/m0/s1. The molecular weight excluding hydrogens is 188 g/mol. The van der Waals surface area contributed by atoms with Crippen LogP contribution in [0.5, 0.6) is 0 Å². The number of hydrogen-bond donors (Lipinski definition) is 1. The van der Waals surface area contributed by atoms with Gasteiger partial charge >= 0.3 is 0 Å². The molecule has 0 unspecified atom stereocenters. The fourth-order valence-corrected chi connectivity index (χ4v) is 1.09. The number of rotatable bonds is 3. The molecule has 0 saturated carbocycles. The zero-order valence-corrected chi connectivity index (χ0v) is 7.37. The smallest absolute Gasteiger partial charge is 0.159 e. The average molecular weight is 197 g/mol. The van der Waals surface area contributed by atoms with Gasteiger partial charge in [0.25, 0.3) is 0 Å². The molecule has 1 aromatic rings. The number of nitrogens with zero attached hydrogens (tertiary/aromatic N) is 1. The van der Waals surface area contributed by atoms with E-state index in [1.807, 2.05) is 6.07 Å². The van der Waals surface area contributed by atoms with Crippen molar-refractivity contribution in [1.29, 1.82) is 5.26 Å². The summed E-state index contributed by atoms with van der Waals surface area (Å²) in [4.78, 5) is 0. The van der Waals surface area contributed by atoms with Crippen LogP contribution < -0.4 is 0 Å². The summed E-state index contributed by atoms with van der Waals surface area (Å²) in [5.74, 6) is -1.93. The van der Waals surface area contributed by atoms with Crippen LogP contribution in [0.25, 0.3) is 0 Å². The quantitative estimate of drug-likeness (QED) is 0.807. The number of hydrogen-bond acceptors (Lipinski definition) is 2. The third-order valence-electron chi connectivity index (χ3n) is 1.86. The minimum Gasteiger partial charge on any atom is -0.388 e. The van der Waals surface area contributed by atoms with Gasteiger partial charge in [-0.05, 0) is 24.1 Å². The molecule has 14 heavy (non-hydrogen) atoms. The Hall–Kier alpha value is -1.47. The third-order valence-corrected chi connectivity index (χ3v) is 1.86. The molecule has 1 aromatic carbocycles. The van der Waals surface area contributed by atoms with Gasteiger partial charge in [-0.2, -0.15) is 5.26 Å². The summed E-state index contributed by atoms with van der Waals surface area (Å²) >= 11 is 0. The van der Waals surface area contributed by atoms with Gasteiger partial charge in [-0.15, -0.1) is 0 Å². The van der Waals surface area contributed by atoms with Gasteiger partial charge in [0.05, 0.1) is 12.2 Å². The van der Waals surface area contributed by atoms with Crippen LogP contribution in [0.15, 0.2) is 18.2 Å². The summed E-state index contributed by atoms with van der Waals surface area (Å²) in [5, 5.41) is 17.7. The molecule has 0 heterocycles. The molecule has 0 aromatic heterocycles. The zero-order chi connectivity index (χ0) is 10.6. The van der Waals surface area contributed by atoms with Crippen molar-refractivity contribution in [3.8, 4) is 6.07 Å². The lowest BCUT2D eigenvalue weighted by Gasteiger charge is -2.08. The van der Waals surface area contributed by atoms with E-state index in [0.29, 0.717) is 5.56 Å². The summed E-state index contributed by atoms with van der Waals surface area (Å²) in [5.41, 5.74) is 0.291. The second-order valence-electron chi connectivity index (χ2n) is 2.89. The summed E-state index contributed by atoms with van der Waals surface area (Å²) in [6.07, 6.45) is -0.508. The van der Waals surface area contributed by atoms with E-state index in [0.717, 1.165) is 12.1 Å². The fourth-order valence-electron chi connectivity index (χ4n) is 1.09. The molecule has 0 amide bonds. The number of halogens is 2. The molecule has 0 aliphatic carbocycles. The van der Waals surface area contributed by atoms with Crippen molar-refractivity contribution in [2.24, 2.45) is 0 Å². The summed E-state index contributed by atoms with van der Waals surface area (Å²) in [6.45, 7) is 0. The van der Waals surface area contributed by atoms with Crippen molar-refractivity contribution in [2.45, 2.75) is 18.9 Å². The maximum Gasteiger partial charge on any atom is 0.159 e. The molecule has 0 aliphatic rings. The fraction of sp³-hybridized carbons (Fsp3) is 0.300. The monoisotopic (exact) mass is 197 g/mol. The van der Waals surface area contributed by atoms with Crippen LogP contribution in [-0.4, -0.2) is 5.11 Å². The van der Waals surface area contributed by atoms with Crippen molar-refractivity contribution >= 4 is 0 Å². The van der Waals surface area contributed by atoms with E-state index in [1.165, 1.54) is 6.07 Å². The highest BCUT2D eigenvalue weighted by atomic mass is 19.2. The van der Waals surface area contributed by atoms with E-state index in [2.05, 4.69) is 0 Å². The molecule has 1 N–H and O–H groups in total. The second-order valence-corrected chi connectivity index (χ2v) is 2.89. The summed E-state index contributed by atoms with van der Waals surface area (Å²) < 4.78 is 25.2. The predicted octanol–water partition coefficient (Wildman–Crippen LogP) is 2.30. The Morgan fingerprint density at radius 1 is 1.36 bits per heavy atom. The van der Waals surface area contributed by atoms with Gasteiger partial charge in [0.2, 0.25) is 0 Å². The molecule has 2 nitrogen and oxygen atoms in total. The Morgan fingerprint density at radius 3 is 2.64 bits per heavy atom. The van der Waals surface area contributed by atoms with Crippen LogP contribution in [0.1, 0.15) is 24.5 Å². The lowest BCUT2D eigenvalue weighted by Crippen LogP contribution is -1.98. The average Bonchev–Trinajstić information content (AvgIpc) is 2.18. The molecule has 0 spiro atoms. The van der Waals surface area contributed by atoms with Gasteiger partial charge < -0.3 is 5.11 Å². The van der Waals surface area contributed by atoms with E-state index >= 15 is 0 Å². The van der Waals surface area contributed by atoms with E-state index in [9.17, 15) is 13.9 Å². The molecule has 0 saturated heterocycles. The molecular formula is C10H9F2NO. The molecule has 4 heteroatoms. The first-order valence-corrected chi connectivity index (χ1v) is 4.15. The van der Waals surface area contributed by atoms with Crippen LogP contribution in [0.2, 0.25) is 0 Å². The van der Waals surface area contributed by atoms with Crippen molar-refractivity contribution in [3.05, 3.63) is 35.4 Å². The van der Waals surface area contributed by atoms with Crippen molar-refractivity contribution in [3.63, 3.8) is 0 Å². The first-order valence-electron chi connectivity index (χ1n) is 4.15. The minimum atomic E-state index is -0.987. The van der Waals surface area contributed by atoms with Gasteiger partial charge in [0.1, 0.15) is 0 Å². The maximum atomic E-state index is 12.7. The number of nitriles is 1. The molecule has 74 valence electrons. The van der Waals surface area contributed by atoms with Crippen LogP contribution in [0.3, 0.4) is 0 Å². The van der Waals surface area contributed by atoms with Gasteiger partial charge in [-0.3, -0.25) is 0 Å². The number of aliphatic hydroxyl groups excluding tert-OH is 1. The highest BCUT2D eigenvalue weighted by molar-refractivity contribution is 5.20. The lowest BCUT2D eigenvalue weighted by atomic mass is 10.1. The van der Waals surface area contributed by atoms with Crippen molar-refractivity contribution < 1.29 is 13.9 Å². The van der Waals surface area contributed by atoms with Gasteiger partial charge in [-0.25, -0.2) is 8.78 Å². The second kappa shape index (κ2) is 4.68. The number of benzene rings is 1. The van der Waals surface area contributed by atoms with E-state index in [4.69, 9.17) is 5.26 Å². The molecule has 1 rings (SSSR count). The Kier molecular flexibility index (Phi) is 3.55. The summed E-state index contributed by atoms with van der Waals surface area (Å²) in [7, 11) is 0. The van der Waals surface area contributed by atoms with Crippen molar-refractivity contribution in [2.75, 3.05) is 0 Å². The van der Waals surface area contributed by atoms with E-state index in [-0.39, 0.29) is 12.8 Å². The third kappa shape index (κ3) is 2.51. The predicted molar refractivity (Wildman–Crippen MR) is 46.2 cm³/mol. The number of aliphatic hydroxyl groups is 1. The largest absolute Gasteiger partial charge is 0.388 e. The van der Waals surface area contributed by atoms with Crippen LogP contribution in [-0.2, 0) is 0 Å². The van der Waals surface area contributed by atoms with Gasteiger partial charge in [0, 0.05) is 6.42 Å². The normalized spacial score (nSPS) is 12.1. The zero-order valence-electron chi connectivity index (χ0n) is 7.37. The van der Waals surface area contributed by atoms with Crippen LogP contribution >= 0.6 is 0 Å². The highest BCUT2D eigenvalue weighted by Crippen LogP contribution is 2.19. The topological polar surface area (TPSA) is 44.0 Å². The van der Waals surface area contributed by atoms with Crippen LogP contribution in [0.4, 0.5) is 8.78 Å². The molecule has 0 radical (unpaired) electrons. The molecule has 0 fully saturated rings. The molecule has 0 aliphatic heterocycles. The Morgan fingerprint density at radius 2 is 2.07 bits per heavy atom. The van der Waals surface area contributed by atoms with Gasteiger partial charge in [-0.1, -0.05) is 6.07 Å². The SMILES string of the molecule is N#CCC[C@H](O)c1ccc(F)c(F)c1. The van der Waals surface area contributed by atoms with E-state index < -0.39 is 17.7 Å². The Bertz CT molecular complexity index is 360. The lowest BCUT2D eigenvalue weighted by molar-refractivity contribution is 0.168. The Labute approximate surface area is 80.4 Å². The first kappa shape index (κ1) is 10.6. The van der Waals surface area contributed by atoms with Crippen molar-refractivity contribution in [1.82, 2.24) is 0 Å². The van der Waals surface area contributed by atoms with Crippen LogP contribution in [0, 0.1) is 23.0 Å². The van der Waals surface area contributed by atoms with Gasteiger partial charge in [0.15, 0.2) is 11.6 Å². The summed E-state index contributed by atoms with van der Waals surface area (Å²) in [6, 6.07) is 5.07. The maximum absolute atomic E-state index is 12.7. The highest BCUT2D eigenvalue weighted by Gasteiger charge is 2.10. The van der Waals surface area contributed by atoms with E-state index in [1.54, 1.807) is 0 Å². The first-order chi connectivity index (χ1) is 6.65. The Balaban J connectivity index is 2.76. The molecule has 1 atom stereocenters. The molecule has 0 bridgehead atoms. The minimum absolute atomic E-state index is 0.181.